The van der Waals surface area contributed by atoms with Crippen molar-refractivity contribution in [3.05, 3.63) is 34.3 Å². The monoisotopic (exact) mass is 367 g/mol. The first-order valence-corrected chi connectivity index (χ1v) is 8.33. The maximum Gasteiger partial charge on any atom is 0.224 e. The fourth-order valence-corrected chi connectivity index (χ4v) is 2.89. The summed E-state index contributed by atoms with van der Waals surface area (Å²) in [6.45, 7) is 2.59. The molecule has 0 aromatic heterocycles. The minimum absolute atomic E-state index is 0.0283. The fourth-order valence-electron chi connectivity index (χ4n) is 2.48. The molecule has 120 valence electrons. The number of nitrogens with one attached hydrogen (secondary N) is 2. The van der Waals surface area contributed by atoms with E-state index in [9.17, 15) is 9.59 Å². The first-order chi connectivity index (χ1) is 10.6. The molecule has 2 rings (SSSR count). The molecule has 1 aromatic carbocycles. The van der Waals surface area contributed by atoms with Gasteiger partial charge in [0.2, 0.25) is 11.8 Å². The summed E-state index contributed by atoms with van der Waals surface area (Å²) < 4.78 is 0.997. The summed E-state index contributed by atoms with van der Waals surface area (Å²) in [4.78, 5) is 25.6. The number of rotatable bonds is 6. The van der Waals surface area contributed by atoms with Crippen LogP contribution in [0.15, 0.2) is 28.7 Å². The van der Waals surface area contributed by atoms with Gasteiger partial charge >= 0.3 is 0 Å². The molecule has 0 spiro atoms. The van der Waals surface area contributed by atoms with Crippen LogP contribution >= 0.6 is 15.9 Å². The molecule has 1 aromatic rings. The number of benzene rings is 1. The Labute approximate surface area is 139 Å². The second kappa shape index (κ2) is 8.29. The van der Waals surface area contributed by atoms with E-state index >= 15 is 0 Å². The predicted octanol–water partition coefficient (Wildman–Crippen LogP) is 1.52. The number of hydrogen-bond donors (Lipinski definition) is 2. The highest BCUT2D eigenvalue weighted by Gasteiger charge is 2.22. The predicted molar refractivity (Wildman–Crippen MR) is 89.2 cm³/mol. The Bertz CT molecular complexity index is 530. The zero-order valence-corrected chi connectivity index (χ0v) is 14.4. The molecule has 2 N–H and O–H groups in total. The van der Waals surface area contributed by atoms with Crippen LogP contribution in [-0.4, -0.2) is 43.4 Å². The van der Waals surface area contributed by atoms with Gasteiger partial charge in [-0.3, -0.25) is 9.59 Å². The molecule has 6 heteroatoms. The molecule has 1 unspecified atom stereocenters. The lowest BCUT2D eigenvalue weighted by Gasteiger charge is -2.18. The molecule has 0 bridgehead atoms. The van der Waals surface area contributed by atoms with Crippen LogP contribution in [0.1, 0.15) is 18.4 Å². The number of nitrogens with zero attached hydrogens (tertiary/aromatic N) is 1. The Morgan fingerprint density at radius 3 is 2.86 bits per heavy atom. The summed E-state index contributed by atoms with van der Waals surface area (Å²) >= 11 is 3.48. The van der Waals surface area contributed by atoms with Crippen molar-refractivity contribution in [1.82, 2.24) is 15.5 Å². The molecule has 0 saturated carbocycles. The topological polar surface area (TPSA) is 61.4 Å². The Balaban J connectivity index is 1.72. The van der Waals surface area contributed by atoms with Crippen molar-refractivity contribution in [1.29, 1.82) is 0 Å². The average molecular weight is 368 g/mol. The number of amides is 2. The largest absolute Gasteiger partial charge is 0.355 e. The van der Waals surface area contributed by atoms with E-state index in [4.69, 9.17) is 0 Å². The van der Waals surface area contributed by atoms with E-state index < -0.39 is 0 Å². The molecule has 1 fully saturated rings. The first kappa shape index (κ1) is 17.0. The highest BCUT2D eigenvalue weighted by Crippen LogP contribution is 2.17. The Hall–Kier alpha value is -1.40. The summed E-state index contributed by atoms with van der Waals surface area (Å²) in [7, 11) is 1.78. The summed E-state index contributed by atoms with van der Waals surface area (Å²) in [6, 6.07) is 7.85. The minimum atomic E-state index is 0.0283. The Morgan fingerprint density at radius 2 is 2.18 bits per heavy atom. The van der Waals surface area contributed by atoms with Crippen molar-refractivity contribution in [3.63, 3.8) is 0 Å². The van der Waals surface area contributed by atoms with Crippen LogP contribution in [0.4, 0.5) is 0 Å². The summed E-state index contributed by atoms with van der Waals surface area (Å²) in [5.41, 5.74) is 1.07. The van der Waals surface area contributed by atoms with Crippen molar-refractivity contribution >= 4 is 27.7 Å². The van der Waals surface area contributed by atoms with Crippen molar-refractivity contribution < 1.29 is 9.59 Å². The SMILES string of the molecule is CN(Cc1ccccc1Br)C(=O)CCNC(=O)C1CCNC1. The van der Waals surface area contributed by atoms with Gasteiger partial charge in [-0.25, -0.2) is 0 Å². The van der Waals surface area contributed by atoms with E-state index in [1.165, 1.54) is 0 Å². The van der Waals surface area contributed by atoms with Gasteiger partial charge < -0.3 is 15.5 Å². The maximum atomic E-state index is 12.1. The van der Waals surface area contributed by atoms with Crippen molar-refractivity contribution in [3.8, 4) is 0 Å². The lowest BCUT2D eigenvalue weighted by atomic mass is 10.1. The van der Waals surface area contributed by atoms with Gasteiger partial charge in [-0.2, -0.15) is 0 Å². The average Bonchev–Trinajstić information content (AvgIpc) is 3.03. The third-order valence-electron chi connectivity index (χ3n) is 3.86. The third kappa shape index (κ3) is 4.81. The molecule has 1 aliphatic rings. The van der Waals surface area contributed by atoms with Crippen molar-refractivity contribution in [2.75, 3.05) is 26.7 Å². The van der Waals surface area contributed by atoms with Crippen LogP contribution in [0.3, 0.4) is 0 Å². The highest BCUT2D eigenvalue weighted by molar-refractivity contribution is 9.10. The molecule has 22 heavy (non-hydrogen) atoms. The number of carbonyl (C=O) groups is 2. The molecular weight excluding hydrogens is 346 g/mol. The van der Waals surface area contributed by atoms with Gasteiger partial charge in [-0.15, -0.1) is 0 Å². The quantitative estimate of drug-likeness (QED) is 0.801. The second-order valence-corrected chi connectivity index (χ2v) is 6.43. The van der Waals surface area contributed by atoms with Gasteiger partial charge in [0.15, 0.2) is 0 Å². The zero-order valence-electron chi connectivity index (χ0n) is 12.8. The maximum absolute atomic E-state index is 12.1. The summed E-state index contributed by atoms with van der Waals surface area (Å²) in [6.07, 6.45) is 1.20. The summed E-state index contributed by atoms with van der Waals surface area (Å²) in [5.74, 6) is 0.125. The normalized spacial score (nSPS) is 17.3. The number of halogens is 1. The van der Waals surface area contributed by atoms with E-state index in [0.717, 1.165) is 29.5 Å². The smallest absolute Gasteiger partial charge is 0.224 e. The molecule has 0 radical (unpaired) electrons. The molecule has 2 amide bonds. The fraction of sp³-hybridized carbons (Fsp3) is 0.500. The zero-order chi connectivity index (χ0) is 15.9. The summed E-state index contributed by atoms with van der Waals surface area (Å²) in [5, 5.41) is 6.01. The van der Waals surface area contributed by atoms with Gasteiger partial charge in [-0.1, -0.05) is 34.1 Å². The van der Waals surface area contributed by atoms with E-state index in [1.807, 2.05) is 24.3 Å². The van der Waals surface area contributed by atoms with Crippen LogP contribution < -0.4 is 10.6 Å². The van der Waals surface area contributed by atoms with E-state index in [2.05, 4.69) is 26.6 Å². The van der Waals surface area contributed by atoms with E-state index in [1.54, 1.807) is 11.9 Å². The van der Waals surface area contributed by atoms with Gasteiger partial charge in [-0.05, 0) is 24.6 Å². The number of carbonyl (C=O) groups excluding carboxylic acids is 2. The molecule has 1 heterocycles. The van der Waals surface area contributed by atoms with Gasteiger partial charge in [0.1, 0.15) is 0 Å². The lowest BCUT2D eigenvalue weighted by Crippen LogP contribution is -2.35. The van der Waals surface area contributed by atoms with Crippen LogP contribution in [0.25, 0.3) is 0 Å². The van der Waals surface area contributed by atoms with Crippen LogP contribution in [0.5, 0.6) is 0 Å². The lowest BCUT2D eigenvalue weighted by molar-refractivity contribution is -0.130. The highest BCUT2D eigenvalue weighted by atomic mass is 79.9. The molecule has 5 nitrogen and oxygen atoms in total. The van der Waals surface area contributed by atoms with E-state index in [0.29, 0.717) is 19.5 Å². The molecule has 1 aliphatic heterocycles. The van der Waals surface area contributed by atoms with Crippen LogP contribution in [0, 0.1) is 5.92 Å². The van der Waals surface area contributed by atoms with Crippen molar-refractivity contribution in [2.24, 2.45) is 5.92 Å². The Kier molecular flexibility index (Phi) is 6.39. The molecular formula is C16H22BrN3O2. The van der Waals surface area contributed by atoms with Crippen LogP contribution in [-0.2, 0) is 16.1 Å². The third-order valence-corrected chi connectivity index (χ3v) is 4.63. The van der Waals surface area contributed by atoms with Crippen LogP contribution in [0.2, 0.25) is 0 Å². The molecule has 1 saturated heterocycles. The first-order valence-electron chi connectivity index (χ1n) is 7.53. The molecule has 1 atom stereocenters. The number of hydrogen-bond acceptors (Lipinski definition) is 3. The Morgan fingerprint density at radius 1 is 1.41 bits per heavy atom. The van der Waals surface area contributed by atoms with Crippen molar-refractivity contribution in [2.45, 2.75) is 19.4 Å². The molecule has 0 aliphatic carbocycles. The van der Waals surface area contributed by atoms with Gasteiger partial charge in [0.05, 0.1) is 5.92 Å². The minimum Gasteiger partial charge on any atom is -0.355 e. The second-order valence-electron chi connectivity index (χ2n) is 5.57. The van der Waals surface area contributed by atoms with Gasteiger partial charge in [0.25, 0.3) is 0 Å². The van der Waals surface area contributed by atoms with E-state index in [-0.39, 0.29) is 17.7 Å². The van der Waals surface area contributed by atoms with Gasteiger partial charge in [0, 0.05) is 37.6 Å². The standard InChI is InChI=1S/C16H22BrN3O2/c1-20(11-13-4-2-3-5-14(13)17)15(21)7-9-19-16(22)12-6-8-18-10-12/h2-5,12,18H,6-11H2,1H3,(H,19,22).